The Morgan fingerprint density at radius 3 is 2.81 bits per heavy atom. The number of aromatic nitrogens is 2. The summed E-state index contributed by atoms with van der Waals surface area (Å²) in [4.78, 5) is 10.7. The predicted molar refractivity (Wildman–Crippen MR) is 108 cm³/mol. The molecule has 6 rings (SSSR count). The maximum Gasteiger partial charge on any atom is 0.290 e. The van der Waals surface area contributed by atoms with Crippen LogP contribution in [0.3, 0.4) is 0 Å². The zero-order valence-corrected chi connectivity index (χ0v) is 17.2. The van der Waals surface area contributed by atoms with Crippen LogP contribution in [0, 0.1) is 0 Å². The lowest BCUT2D eigenvalue weighted by Crippen LogP contribution is -2.59. The van der Waals surface area contributed by atoms with Gasteiger partial charge < -0.3 is 24.8 Å². The molecule has 3 aliphatic heterocycles. The second-order valence-electron chi connectivity index (χ2n) is 8.93. The average molecular weight is 430 g/mol. The molecule has 0 radical (unpaired) electrons. The Hall–Kier alpha value is -2.36. The summed E-state index contributed by atoms with van der Waals surface area (Å²) in [6.45, 7) is 4.57. The summed E-state index contributed by atoms with van der Waals surface area (Å²) in [5, 5.41) is 13.4. The van der Waals surface area contributed by atoms with Crippen molar-refractivity contribution in [1.82, 2.24) is 15.3 Å². The van der Waals surface area contributed by atoms with E-state index in [1.807, 2.05) is 25.1 Å². The standard InChI is InChI=1S/C22H24F2N4O3/c1-12-16(29)9-28(12)20-26-18(14-4-5-22(23,24)19(14)27-20)13-2-3-15-17(8-13)31-7-6-25-21(15)10-30-11-21/h2-3,8,12,16,25,29H,4-7,9-11H2,1H3/t12-,16+/m0/s1. The van der Waals surface area contributed by atoms with Gasteiger partial charge in [-0.2, -0.15) is 8.78 Å². The first kappa shape index (κ1) is 19.3. The summed E-state index contributed by atoms with van der Waals surface area (Å²) < 4.78 is 40.7. The molecule has 31 heavy (non-hydrogen) atoms. The van der Waals surface area contributed by atoms with Crippen LogP contribution in [0.2, 0.25) is 0 Å². The van der Waals surface area contributed by atoms with Crippen molar-refractivity contribution in [2.45, 2.75) is 43.4 Å². The van der Waals surface area contributed by atoms with Gasteiger partial charge in [0.05, 0.1) is 36.6 Å². The van der Waals surface area contributed by atoms with Gasteiger partial charge in [-0.05, 0) is 19.4 Å². The fourth-order valence-corrected chi connectivity index (χ4v) is 4.93. The highest BCUT2D eigenvalue weighted by atomic mass is 19.3. The Kier molecular flexibility index (Phi) is 4.10. The summed E-state index contributed by atoms with van der Waals surface area (Å²) in [6, 6.07) is 5.61. The number of β-amino-alcohol motifs (C(OH)–C–C–N with tert-alkyl or cyclic N) is 1. The summed E-state index contributed by atoms with van der Waals surface area (Å²) in [6.07, 6.45) is -0.541. The van der Waals surface area contributed by atoms with E-state index < -0.39 is 12.0 Å². The number of aliphatic hydroxyl groups excluding tert-OH is 1. The van der Waals surface area contributed by atoms with Gasteiger partial charge in [-0.15, -0.1) is 0 Å². The lowest BCUT2D eigenvalue weighted by molar-refractivity contribution is -0.0769. The van der Waals surface area contributed by atoms with E-state index in [0.717, 1.165) is 16.9 Å². The molecule has 164 valence electrons. The van der Waals surface area contributed by atoms with Gasteiger partial charge >= 0.3 is 0 Å². The smallest absolute Gasteiger partial charge is 0.290 e. The summed E-state index contributed by atoms with van der Waals surface area (Å²) in [7, 11) is 0. The minimum absolute atomic E-state index is 0.192. The molecule has 0 amide bonds. The largest absolute Gasteiger partial charge is 0.492 e. The van der Waals surface area contributed by atoms with Crippen LogP contribution in [0.25, 0.3) is 11.3 Å². The number of nitrogens with one attached hydrogen (secondary N) is 1. The molecule has 0 unspecified atom stereocenters. The molecule has 4 heterocycles. The van der Waals surface area contributed by atoms with E-state index in [-0.39, 0.29) is 36.1 Å². The molecule has 7 nitrogen and oxygen atoms in total. The van der Waals surface area contributed by atoms with E-state index >= 15 is 0 Å². The molecule has 2 N–H and O–H groups in total. The quantitative estimate of drug-likeness (QED) is 0.754. The molecule has 2 aromatic rings. The topological polar surface area (TPSA) is 79.7 Å². The number of aliphatic hydroxyl groups is 1. The number of fused-ring (bicyclic) bond motifs is 3. The van der Waals surface area contributed by atoms with Gasteiger partial charge in [0.2, 0.25) is 5.95 Å². The van der Waals surface area contributed by atoms with Gasteiger partial charge in [0.25, 0.3) is 5.92 Å². The van der Waals surface area contributed by atoms with Crippen LogP contribution in [0.15, 0.2) is 18.2 Å². The number of nitrogens with zero attached hydrogens (tertiary/aromatic N) is 3. The Morgan fingerprint density at radius 1 is 1.26 bits per heavy atom. The van der Waals surface area contributed by atoms with Crippen molar-refractivity contribution in [3.63, 3.8) is 0 Å². The van der Waals surface area contributed by atoms with Gasteiger partial charge in [-0.1, -0.05) is 12.1 Å². The Morgan fingerprint density at radius 2 is 2.10 bits per heavy atom. The van der Waals surface area contributed by atoms with Gasteiger partial charge in [0, 0.05) is 36.2 Å². The van der Waals surface area contributed by atoms with Crippen LogP contribution >= 0.6 is 0 Å². The van der Waals surface area contributed by atoms with Crippen LogP contribution in [-0.4, -0.2) is 60.1 Å². The van der Waals surface area contributed by atoms with E-state index in [2.05, 4.69) is 10.3 Å². The van der Waals surface area contributed by atoms with Crippen molar-refractivity contribution in [1.29, 1.82) is 0 Å². The van der Waals surface area contributed by atoms with E-state index in [9.17, 15) is 13.9 Å². The number of halogens is 2. The van der Waals surface area contributed by atoms with E-state index in [1.54, 1.807) is 4.90 Å². The number of hydrogen-bond donors (Lipinski definition) is 2. The molecule has 1 spiro atoms. The third-order valence-electron chi connectivity index (χ3n) is 7.01. The normalized spacial score (nSPS) is 27.5. The zero-order valence-electron chi connectivity index (χ0n) is 17.2. The van der Waals surface area contributed by atoms with Crippen LogP contribution in [0.5, 0.6) is 5.75 Å². The Balaban J connectivity index is 1.47. The van der Waals surface area contributed by atoms with E-state index in [4.69, 9.17) is 14.5 Å². The van der Waals surface area contributed by atoms with Crippen molar-refractivity contribution < 1.29 is 23.4 Å². The van der Waals surface area contributed by atoms with Crippen LogP contribution in [-0.2, 0) is 22.6 Å². The third kappa shape index (κ3) is 2.79. The molecule has 4 aliphatic rings. The van der Waals surface area contributed by atoms with Crippen molar-refractivity contribution in [3.05, 3.63) is 35.0 Å². The van der Waals surface area contributed by atoms with Gasteiger partial charge in [-0.25, -0.2) is 9.97 Å². The van der Waals surface area contributed by atoms with Crippen molar-refractivity contribution >= 4 is 5.95 Å². The molecule has 1 aromatic heterocycles. The van der Waals surface area contributed by atoms with E-state index in [1.165, 1.54) is 0 Å². The molecule has 2 fully saturated rings. The molecule has 9 heteroatoms. The molecular weight excluding hydrogens is 406 g/mol. The molecule has 2 saturated heterocycles. The summed E-state index contributed by atoms with van der Waals surface area (Å²) in [5.41, 5.74) is 2.34. The first-order valence-electron chi connectivity index (χ1n) is 10.7. The minimum atomic E-state index is -2.98. The van der Waals surface area contributed by atoms with Crippen LogP contribution < -0.4 is 15.0 Å². The highest BCUT2D eigenvalue weighted by Crippen LogP contribution is 2.46. The Bertz CT molecular complexity index is 1060. The fourth-order valence-electron chi connectivity index (χ4n) is 4.93. The SMILES string of the molecule is C[C@H]1[C@H](O)CN1c1nc(-c2ccc3c(c2)OCCNC32COC2)c2c(n1)C(F)(F)CC2. The number of rotatable bonds is 2. The molecule has 0 saturated carbocycles. The predicted octanol–water partition coefficient (Wildman–Crippen LogP) is 1.96. The van der Waals surface area contributed by atoms with Gasteiger partial charge in [0.15, 0.2) is 0 Å². The number of hydrogen-bond acceptors (Lipinski definition) is 7. The van der Waals surface area contributed by atoms with Crippen LogP contribution in [0.4, 0.5) is 14.7 Å². The van der Waals surface area contributed by atoms with Crippen molar-refractivity contribution in [2.75, 3.05) is 37.8 Å². The minimum Gasteiger partial charge on any atom is -0.492 e. The second kappa shape index (κ2) is 6.57. The molecule has 0 bridgehead atoms. The lowest BCUT2D eigenvalue weighted by Gasteiger charge is -2.43. The zero-order chi connectivity index (χ0) is 21.4. The lowest BCUT2D eigenvalue weighted by atomic mass is 9.86. The van der Waals surface area contributed by atoms with Crippen LogP contribution in [0.1, 0.15) is 30.2 Å². The molecule has 2 atom stereocenters. The number of benzene rings is 1. The molecule has 1 aromatic carbocycles. The summed E-state index contributed by atoms with van der Waals surface area (Å²) >= 11 is 0. The van der Waals surface area contributed by atoms with Crippen molar-refractivity contribution in [3.8, 4) is 17.0 Å². The number of ether oxygens (including phenoxy) is 2. The first-order chi connectivity index (χ1) is 14.9. The highest BCUT2D eigenvalue weighted by Gasteiger charge is 2.46. The highest BCUT2D eigenvalue weighted by molar-refractivity contribution is 5.70. The van der Waals surface area contributed by atoms with E-state index in [0.29, 0.717) is 44.2 Å². The maximum atomic E-state index is 14.6. The summed E-state index contributed by atoms with van der Waals surface area (Å²) in [5.74, 6) is -2.00. The maximum absolute atomic E-state index is 14.6. The van der Waals surface area contributed by atoms with Gasteiger partial charge in [0.1, 0.15) is 18.1 Å². The third-order valence-corrected chi connectivity index (χ3v) is 7.01. The fraction of sp³-hybridized carbons (Fsp3) is 0.545. The number of alkyl halides is 2. The molecular formula is C22H24F2N4O3. The molecule has 1 aliphatic carbocycles. The van der Waals surface area contributed by atoms with Crippen molar-refractivity contribution in [2.24, 2.45) is 0 Å². The number of anilines is 1. The average Bonchev–Trinajstić information content (AvgIpc) is 2.92. The van der Waals surface area contributed by atoms with Gasteiger partial charge in [-0.3, -0.25) is 0 Å². The second-order valence-corrected chi connectivity index (χ2v) is 8.93. The Labute approximate surface area is 178 Å². The monoisotopic (exact) mass is 430 g/mol. The first-order valence-corrected chi connectivity index (χ1v) is 10.7.